The van der Waals surface area contributed by atoms with Crippen molar-refractivity contribution in [2.24, 2.45) is 11.7 Å². The predicted octanol–water partition coefficient (Wildman–Crippen LogP) is 1.16. The van der Waals surface area contributed by atoms with Crippen LogP contribution in [0.25, 0.3) is 0 Å². The van der Waals surface area contributed by atoms with Crippen molar-refractivity contribution in [2.75, 3.05) is 6.61 Å². The van der Waals surface area contributed by atoms with Gasteiger partial charge in [0.15, 0.2) is 0 Å². The van der Waals surface area contributed by atoms with Gasteiger partial charge in [0.25, 0.3) is 0 Å². The van der Waals surface area contributed by atoms with Gasteiger partial charge in [-0.05, 0) is 27.2 Å². The van der Waals surface area contributed by atoms with Crippen molar-refractivity contribution in [3.05, 3.63) is 0 Å². The highest BCUT2D eigenvalue weighted by molar-refractivity contribution is 5.99. The van der Waals surface area contributed by atoms with Crippen LogP contribution in [0.5, 0.6) is 0 Å². The number of unbranched alkanes of at least 4 members (excludes halogenated alkanes) is 1. The number of hydrogen-bond donors (Lipinski definition) is 1. The van der Waals surface area contributed by atoms with E-state index in [0.717, 1.165) is 12.8 Å². The SMILES string of the molecule is CCCCOC(=O)CC(C(N)=O)C(=O)OC(C)(C)C. The van der Waals surface area contributed by atoms with E-state index in [2.05, 4.69) is 0 Å². The Hall–Kier alpha value is -1.59. The Morgan fingerprint density at radius 2 is 1.79 bits per heavy atom. The van der Waals surface area contributed by atoms with Crippen molar-refractivity contribution in [2.45, 2.75) is 52.6 Å². The average molecular weight is 273 g/mol. The van der Waals surface area contributed by atoms with Crippen LogP contribution in [0, 0.1) is 5.92 Å². The number of esters is 2. The summed E-state index contributed by atoms with van der Waals surface area (Å²) in [6.07, 6.45) is 1.24. The topological polar surface area (TPSA) is 95.7 Å². The second-order valence-electron chi connectivity index (χ2n) is 5.27. The summed E-state index contributed by atoms with van der Waals surface area (Å²) in [6, 6.07) is 0. The zero-order valence-electron chi connectivity index (χ0n) is 12.0. The van der Waals surface area contributed by atoms with Gasteiger partial charge in [-0.25, -0.2) is 0 Å². The van der Waals surface area contributed by atoms with Gasteiger partial charge in [-0.15, -0.1) is 0 Å². The molecule has 0 aliphatic rings. The molecule has 0 aromatic carbocycles. The molecule has 1 unspecified atom stereocenters. The van der Waals surface area contributed by atoms with E-state index < -0.39 is 29.4 Å². The molecule has 6 nitrogen and oxygen atoms in total. The van der Waals surface area contributed by atoms with Crippen LogP contribution >= 0.6 is 0 Å². The Morgan fingerprint density at radius 3 is 2.21 bits per heavy atom. The molecule has 6 heteroatoms. The maximum Gasteiger partial charge on any atom is 0.319 e. The molecular formula is C13H23NO5. The number of carbonyl (C=O) groups is 3. The fourth-order valence-electron chi connectivity index (χ4n) is 1.23. The van der Waals surface area contributed by atoms with Gasteiger partial charge < -0.3 is 15.2 Å². The molecule has 19 heavy (non-hydrogen) atoms. The molecule has 0 spiro atoms. The third kappa shape index (κ3) is 8.18. The molecule has 2 N–H and O–H groups in total. The molecule has 1 atom stereocenters. The van der Waals surface area contributed by atoms with Crippen LogP contribution < -0.4 is 5.73 Å². The number of carbonyl (C=O) groups excluding carboxylic acids is 3. The van der Waals surface area contributed by atoms with E-state index in [4.69, 9.17) is 15.2 Å². The maximum absolute atomic E-state index is 11.7. The number of hydrogen-bond acceptors (Lipinski definition) is 5. The fourth-order valence-corrected chi connectivity index (χ4v) is 1.23. The number of nitrogens with two attached hydrogens (primary N) is 1. The smallest absolute Gasteiger partial charge is 0.319 e. The van der Waals surface area contributed by atoms with E-state index in [1.807, 2.05) is 6.92 Å². The van der Waals surface area contributed by atoms with Crippen LogP contribution in [0.2, 0.25) is 0 Å². The number of ether oxygens (including phenoxy) is 2. The minimum absolute atomic E-state index is 0.273. The zero-order chi connectivity index (χ0) is 15.1. The fraction of sp³-hybridized carbons (Fsp3) is 0.769. The first-order valence-electron chi connectivity index (χ1n) is 6.35. The van der Waals surface area contributed by atoms with Crippen molar-refractivity contribution in [1.82, 2.24) is 0 Å². The summed E-state index contributed by atoms with van der Waals surface area (Å²) in [5.41, 5.74) is 4.37. The Morgan fingerprint density at radius 1 is 1.21 bits per heavy atom. The van der Waals surface area contributed by atoms with Crippen molar-refractivity contribution < 1.29 is 23.9 Å². The lowest BCUT2D eigenvalue weighted by molar-refractivity contribution is -0.166. The van der Waals surface area contributed by atoms with E-state index in [9.17, 15) is 14.4 Å². The Labute approximate surface area is 113 Å². The molecular weight excluding hydrogens is 250 g/mol. The van der Waals surface area contributed by atoms with Gasteiger partial charge in [-0.1, -0.05) is 13.3 Å². The second-order valence-corrected chi connectivity index (χ2v) is 5.27. The molecule has 0 rings (SSSR count). The molecule has 0 bridgehead atoms. The van der Waals surface area contributed by atoms with Gasteiger partial charge in [-0.3, -0.25) is 14.4 Å². The molecule has 0 aliphatic heterocycles. The van der Waals surface area contributed by atoms with Crippen molar-refractivity contribution in [3.63, 3.8) is 0 Å². The Bertz CT molecular complexity index is 332. The van der Waals surface area contributed by atoms with Gasteiger partial charge in [-0.2, -0.15) is 0 Å². The van der Waals surface area contributed by atoms with E-state index in [-0.39, 0.29) is 13.0 Å². The van der Waals surface area contributed by atoms with Crippen molar-refractivity contribution in [3.8, 4) is 0 Å². The van der Waals surface area contributed by atoms with Crippen LogP contribution in [0.3, 0.4) is 0 Å². The first-order valence-corrected chi connectivity index (χ1v) is 6.35. The zero-order valence-corrected chi connectivity index (χ0v) is 12.0. The average Bonchev–Trinajstić information content (AvgIpc) is 2.23. The summed E-state index contributed by atoms with van der Waals surface area (Å²) in [5.74, 6) is -3.61. The quantitative estimate of drug-likeness (QED) is 0.426. The Balaban J connectivity index is 4.45. The summed E-state index contributed by atoms with van der Waals surface area (Å²) < 4.78 is 9.93. The lowest BCUT2D eigenvalue weighted by Crippen LogP contribution is -2.37. The van der Waals surface area contributed by atoms with Crippen molar-refractivity contribution >= 4 is 17.8 Å². The standard InChI is InChI=1S/C13H23NO5/c1-5-6-7-18-10(15)8-9(11(14)16)12(17)19-13(2,3)4/h9H,5-8H2,1-4H3,(H2,14,16). The largest absolute Gasteiger partial charge is 0.466 e. The van der Waals surface area contributed by atoms with Gasteiger partial charge in [0.1, 0.15) is 11.5 Å². The third-order valence-corrected chi connectivity index (χ3v) is 2.17. The summed E-state index contributed by atoms with van der Waals surface area (Å²) in [5, 5.41) is 0. The number of primary amides is 1. The van der Waals surface area contributed by atoms with Crippen LogP contribution in [0.15, 0.2) is 0 Å². The molecule has 0 aromatic heterocycles. The van der Waals surface area contributed by atoms with Gasteiger partial charge >= 0.3 is 11.9 Å². The summed E-state index contributed by atoms with van der Waals surface area (Å²) >= 11 is 0. The van der Waals surface area contributed by atoms with Crippen LogP contribution in [-0.4, -0.2) is 30.1 Å². The second kappa shape index (κ2) is 7.76. The summed E-state index contributed by atoms with van der Waals surface area (Å²) in [4.78, 5) is 34.4. The minimum atomic E-state index is -1.30. The monoisotopic (exact) mass is 273 g/mol. The molecule has 110 valence electrons. The van der Waals surface area contributed by atoms with Gasteiger partial charge in [0, 0.05) is 0 Å². The van der Waals surface area contributed by atoms with Crippen LogP contribution in [0.1, 0.15) is 47.0 Å². The lowest BCUT2D eigenvalue weighted by Gasteiger charge is -2.22. The summed E-state index contributed by atoms with van der Waals surface area (Å²) in [6.45, 7) is 7.24. The molecule has 0 heterocycles. The highest BCUT2D eigenvalue weighted by Gasteiger charge is 2.32. The third-order valence-electron chi connectivity index (χ3n) is 2.17. The van der Waals surface area contributed by atoms with E-state index in [1.54, 1.807) is 20.8 Å². The first kappa shape index (κ1) is 17.4. The Kier molecular flexibility index (Phi) is 7.11. The molecule has 0 aliphatic carbocycles. The van der Waals surface area contributed by atoms with E-state index in [1.165, 1.54) is 0 Å². The highest BCUT2D eigenvalue weighted by Crippen LogP contribution is 2.14. The van der Waals surface area contributed by atoms with Crippen molar-refractivity contribution in [1.29, 1.82) is 0 Å². The number of amides is 1. The van der Waals surface area contributed by atoms with E-state index in [0.29, 0.717) is 0 Å². The minimum Gasteiger partial charge on any atom is -0.466 e. The predicted molar refractivity (Wildman–Crippen MR) is 69.0 cm³/mol. The van der Waals surface area contributed by atoms with Gasteiger partial charge in [0.05, 0.1) is 13.0 Å². The molecule has 0 saturated heterocycles. The molecule has 0 radical (unpaired) electrons. The van der Waals surface area contributed by atoms with Gasteiger partial charge in [0.2, 0.25) is 5.91 Å². The molecule has 0 fully saturated rings. The molecule has 1 amide bonds. The number of rotatable bonds is 7. The normalized spacial score (nSPS) is 12.6. The van der Waals surface area contributed by atoms with E-state index >= 15 is 0 Å². The summed E-state index contributed by atoms with van der Waals surface area (Å²) in [7, 11) is 0. The van der Waals surface area contributed by atoms with Crippen LogP contribution in [-0.2, 0) is 23.9 Å². The maximum atomic E-state index is 11.7. The lowest BCUT2D eigenvalue weighted by atomic mass is 10.0. The van der Waals surface area contributed by atoms with Crippen LogP contribution in [0.4, 0.5) is 0 Å². The highest BCUT2D eigenvalue weighted by atomic mass is 16.6. The first-order chi connectivity index (χ1) is 8.67. The molecule has 0 aromatic rings. The molecule has 0 saturated carbocycles.